The van der Waals surface area contributed by atoms with Crippen LogP contribution in [0.3, 0.4) is 0 Å². The van der Waals surface area contributed by atoms with Crippen molar-refractivity contribution in [2.75, 3.05) is 23.5 Å². The maximum Gasteiger partial charge on any atom is 0.101 e. The van der Waals surface area contributed by atoms with Crippen molar-refractivity contribution in [1.29, 1.82) is 0 Å². The largest absolute Gasteiger partial charge is 0.355 e. The first-order valence-electron chi connectivity index (χ1n) is 17.7. The lowest BCUT2D eigenvalue weighted by atomic mass is 9.96. The van der Waals surface area contributed by atoms with Gasteiger partial charge in [-0.15, -0.1) is 0 Å². The molecule has 0 amide bonds. The average molecular weight is 670 g/mol. The van der Waals surface area contributed by atoms with Gasteiger partial charge in [-0.05, 0) is 54.1 Å². The molecule has 0 spiro atoms. The van der Waals surface area contributed by atoms with Gasteiger partial charge >= 0.3 is 0 Å². The molecule has 0 fully saturated rings. The lowest BCUT2D eigenvalue weighted by molar-refractivity contribution is 0.892. The lowest BCUT2D eigenvalue weighted by Crippen LogP contribution is -2.24. The smallest absolute Gasteiger partial charge is 0.101 e. The van der Waals surface area contributed by atoms with Gasteiger partial charge in [0.2, 0.25) is 0 Å². The standard InChI is InChI=1S/C47H35N5/c1-49-32-50(43-27-14-13-26-42(43)49)36-22-15-23-37(30-36)51-41-25-12-11-24-39(41)40-29-28-38(31-44(40)51)52-47(35-20-9-4-10-21-35)45(33-16-5-2-6-17-33)46(48-52)34-18-7-3-8-19-34/h2-31H,32H2,1H3. The van der Waals surface area contributed by atoms with Crippen molar-refractivity contribution in [2.24, 2.45) is 0 Å². The van der Waals surface area contributed by atoms with E-state index in [-0.39, 0.29) is 0 Å². The molecule has 0 saturated heterocycles. The molecular formula is C47H35N5. The molecule has 248 valence electrons. The number of anilines is 3. The molecule has 7 aromatic carbocycles. The Morgan fingerprint density at radius 3 is 1.85 bits per heavy atom. The van der Waals surface area contributed by atoms with Crippen LogP contribution in [0, 0.1) is 0 Å². The summed E-state index contributed by atoms with van der Waals surface area (Å²) in [4.78, 5) is 4.70. The number of hydrogen-bond donors (Lipinski definition) is 0. The van der Waals surface area contributed by atoms with Gasteiger partial charge in [-0.1, -0.05) is 133 Å². The molecule has 1 aliphatic rings. The maximum atomic E-state index is 5.46. The predicted molar refractivity (Wildman–Crippen MR) is 216 cm³/mol. The molecule has 0 bridgehead atoms. The molecular weight excluding hydrogens is 635 g/mol. The molecule has 5 heteroatoms. The molecule has 0 radical (unpaired) electrons. The Morgan fingerprint density at radius 2 is 1.08 bits per heavy atom. The van der Waals surface area contributed by atoms with Crippen LogP contribution in [0.25, 0.3) is 66.8 Å². The molecule has 5 nitrogen and oxygen atoms in total. The fourth-order valence-corrected chi connectivity index (χ4v) is 7.91. The van der Waals surface area contributed by atoms with Crippen molar-refractivity contribution in [1.82, 2.24) is 14.3 Å². The first-order valence-corrected chi connectivity index (χ1v) is 17.7. The number of rotatable bonds is 6. The Kier molecular flexibility index (Phi) is 7.03. The summed E-state index contributed by atoms with van der Waals surface area (Å²) in [6.07, 6.45) is 0. The minimum atomic E-state index is 0.801. The zero-order valence-corrected chi connectivity index (χ0v) is 28.8. The number of benzene rings is 7. The van der Waals surface area contributed by atoms with E-state index in [4.69, 9.17) is 5.10 Å². The van der Waals surface area contributed by atoms with Gasteiger partial charge in [0.05, 0.1) is 40.5 Å². The Morgan fingerprint density at radius 1 is 0.462 bits per heavy atom. The molecule has 0 unspecified atom stereocenters. The van der Waals surface area contributed by atoms with Crippen LogP contribution in [0.15, 0.2) is 182 Å². The molecule has 0 N–H and O–H groups in total. The summed E-state index contributed by atoms with van der Waals surface area (Å²) < 4.78 is 4.56. The minimum Gasteiger partial charge on any atom is -0.355 e. The van der Waals surface area contributed by atoms with E-state index in [9.17, 15) is 0 Å². The normalized spacial score (nSPS) is 12.6. The minimum absolute atomic E-state index is 0.801. The fraction of sp³-hybridized carbons (Fsp3) is 0.0426. The summed E-state index contributed by atoms with van der Waals surface area (Å²) in [5.41, 5.74) is 14.5. The van der Waals surface area contributed by atoms with Crippen LogP contribution in [-0.4, -0.2) is 28.1 Å². The van der Waals surface area contributed by atoms with Crippen LogP contribution in [0.1, 0.15) is 0 Å². The van der Waals surface area contributed by atoms with Crippen LogP contribution in [0.2, 0.25) is 0 Å². The molecule has 9 aromatic rings. The highest BCUT2D eigenvalue weighted by atomic mass is 15.4. The summed E-state index contributed by atoms with van der Waals surface area (Å²) in [5, 5.41) is 7.88. The van der Waals surface area contributed by atoms with Crippen LogP contribution < -0.4 is 9.80 Å². The summed E-state index contributed by atoms with van der Waals surface area (Å²) in [7, 11) is 2.16. The quantitative estimate of drug-likeness (QED) is 0.176. The van der Waals surface area contributed by atoms with E-state index in [1.807, 2.05) is 0 Å². The monoisotopic (exact) mass is 669 g/mol. The average Bonchev–Trinajstić information content (AvgIpc) is 3.89. The Hall–Kier alpha value is -6.85. The van der Waals surface area contributed by atoms with Gasteiger partial charge < -0.3 is 14.4 Å². The van der Waals surface area contributed by atoms with E-state index in [2.05, 4.69) is 208 Å². The highest BCUT2D eigenvalue weighted by molar-refractivity contribution is 6.10. The predicted octanol–water partition coefficient (Wildman–Crippen LogP) is 11.5. The summed E-state index contributed by atoms with van der Waals surface area (Å²) in [5.74, 6) is 0. The van der Waals surface area contributed by atoms with Crippen LogP contribution >= 0.6 is 0 Å². The highest BCUT2D eigenvalue weighted by Crippen LogP contribution is 2.43. The number of aromatic nitrogens is 3. The first kappa shape index (κ1) is 30.0. The number of para-hydroxylation sites is 3. The molecule has 2 aromatic heterocycles. The fourth-order valence-electron chi connectivity index (χ4n) is 7.91. The van der Waals surface area contributed by atoms with Gasteiger partial charge in [-0.2, -0.15) is 5.10 Å². The summed E-state index contributed by atoms with van der Waals surface area (Å²) in [6, 6.07) is 64.9. The zero-order valence-electron chi connectivity index (χ0n) is 28.8. The second-order valence-electron chi connectivity index (χ2n) is 13.4. The second kappa shape index (κ2) is 12.2. The molecule has 0 saturated carbocycles. The van der Waals surface area contributed by atoms with E-state index in [1.54, 1.807) is 0 Å². The summed E-state index contributed by atoms with van der Waals surface area (Å²) in [6.45, 7) is 0.801. The van der Waals surface area contributed by atoms with Gasteiger partial charge in [-0.3, -0.25) is 0 Å². The van der Waals surface area contributed by atoms with Crippen LogP contribution in [0.4, 0.5) is 17.1 Å². The van der Waals surface area contributed by atoms with Crippen molar-refractivity contribution in [3.63, 3.8) is 0 Å². The van der Waals surface area contributed by atoms with Gasteiger partial charge in [-0.25, -0.2) is 4.68 Å². The van der Waals surface area contributed by atoms with Crippen LogP contribution in [-0.2, 0) is 0 Å². The molecule has 52 heavy (non-hydrogen) atoms. The zero-order chi connectivity index (χ0) is 34.6. The van der Waals surface area contributed by atoms with Crippen molar-refractivity contribution in [3.8, 4) is 45.0 Å². The molecule has 3 heterocycles. The maximum absolute atomic E-state index is 5.46. The van der Waals surface area contributed by atoms with E-state index in [0.29, 0.717) is 0 Å². The second-order valence-corrected chi connectivity index (χ2v) is 13.4. The molecule has 0 atom stereocenters. The van der Waals surface area contributed by atoms with E-state index < -0.39 is 0 Å². The third-order valence-corrected chi connectivity index (χ3v) is 10.3. The summed E-state index contributed by atoms with van der Waals surface area (Å²) >= 11 is 0. The van der Waals surface area contributed by atoms with E-state index in [0.717, 1.165) is 62.9 Å². The van der Waals surface area contributed by atoms with Crippen molar-refractivity contribution >= 4 is 38.9 Å². The Bertz CT molecular complexity index is 2730. The Labute approximate surface area is 302 Å². The van der Waals surface area contributed by atoms with Crippen LogP contribution in [0.5, 0.6) is 0 Å². The topological polar surface area (TPSA) is 29.2 Å². The molecule has 0 aliphatic carbocycles. The third kappa shape index (κ3) is 4.82. The van der Waals surface area contributed by atoms with Crippen molar-refractivity contribution in [3.05, 3.63) is 182 Å². The van der Waals surface area contributed by atoms with Gasteiger partial charge in [0.25, 0.3) is 0 Å². The SMILES string of the molecule is CN1CN(c2cccc(-n3c4ccccc4c4ccc(-n5nc(-c6ccccc6)c(-c6ccccc6)c5-c5ccccc5)cc43)c2)c2ccccc21. The number of fused-ring (bicyclic) bond motifs is 4. The highest BCUT2D eigenvalue weighted by Gasteiger charge is 2.26. The van der Waals surface area contributed by atoms with E-state index >= 15 is 0 Å². The van der Waals surface area contributed by atoms with Gasteiger partial charge in [0.15, 0.2) is 0 Å². The van der Waals surface area contributed by atoms with Crippen molar-refractivity contribution in [2.45, 2.75) is 0 Å². The molecule has 1 aliphatic heterocycles. The van der Waals surface area contributed by atoms with E-state index in [1.165, 1.54) is 27.7 Å². The van der Waals surface area contributed by atoms with Gasteiger partial charge in [0.1, 0.15) is 5.69 Å². The van der Waals surface area contributed by atoms with Gasteiger partial charge in [0, 0.05) is 45.9 Å². The first-order chi connectivity index (χ1) is 25.7. The third-order valence-electron chi connectivity index (χ3n) is 10.3. The number of hydrogen-bond acceptors (Lipinski definition) is 3. The number of nitrogens with zero attached hydrogens (tertiary/aromatic N) is 5. The molecule has 10 rings (SSSR count). The lowest BCUT2D eigenvalue weighted by Gasteiger charge is -2.21. The Balaban J connectivity index is 1.21. The van der Waals surface area contributed by atoms with Crippen molar-refractivity contribution < 1.29 is 0 Å².